The number of piperazine rings is 1. The Morgan fingerprint density at radius 3 is 2.42 bits per heavy atom. The normalized spacial score (nSPS) is 19.3. The molecule has 7 nitrogen and oxygen atoms in total. The molecule has 3 heterocycles. The van der Waals surface area contributed by atoms with Crippen LogP contribution in [0.5, 0.6) is 0 Å². The number of alkyl halides is 3. The van der Waals surface area contributed by atoms with Crippen LogP contribution in [0.2, 0.25) is 0 Å². The molecule has 2 N–H and O–H groups in total. The molecule has 43 heavy (non-hydrogen) atoms. The minimum atomic E-state index is -4.89. The van der Waals surface area contributed by atoms with Crippen molar-refractivity contribution in [2.45, 2.75) is 76.7 Å². The van der Waals surface area contributed by atoms with Crippen LogP contribution in [0.15, 0.2) is 41.8 Å². The minimum Gasteiger partial charge on any atom is -0.380 e. The Balaban J connectivity index is 1.42. The molecule has 2 atom stereocenters. The van der Waals surface area contributed by atoms with Gasteiger partial charge in [0, 0.05) is 49.7 Å². The number of carbonyl (C=O) groups excluding carboxylic acids is 2. The van der Waals surface area contributed by atoms with Crippen LogP contribution in [0.1, 0.15) is 68.3 Å². The molecule has 2 amide bonds. The number of rotatable bonds is 8. The van der Waals surface area contributed by atoms with Crippen molar-refractivity contribution < 1.29 is 27.9 Å². The summed E-state index contributed by atoms with van der Waals surface area (Å²) in [5.41, 5.74) is -0.211. The highest BCUT2D eigenvalue weighted by atomic mass is 32.1. The van der Waals surface area contributed by atoms with Crippen LogP contribution in [0.3, 0.4) is 0 Å². The van der Waals surface area contributed by atoms with E-state index in [2.05, 4.69) is 17.1 Å². The number of hydrogen-bond acceptors (Lipinski definition) is 6. The van der Waals surface area contributed by atoms with E-state index in [1.165, 1.54) is 24.2 Å². The lowest BCUT2D eigenvalue weighted by Gasteiger charge is -2.37. The Bertz CT molecular complexity index is 1430. The third kappa shape index (κ3) is 7.05. The Hall–Kier alpha value is -3.02. The second-order valence-corrected chi connectivity index (χ2v) is 13.0. The zero-order chi connectivity index (χ0) is 30.8. The molecule has 2 aromatic heterocycles. The van der Waals surface area contributed by atoms with E-state index in [0.29, 0.717) is 38.0 Å². The van der Waals surface area contributed by atoms with Gasteiger partial charge in [0.05, 0.1) is 28.1 Å². The van der Waals surface area contributed by atoms with Gasteiger partial charge in [-0.05, 0) is 50.1 Å². The second kappa shape index (κ2) is 12.9. The van der Waals surface area contributed by atoms with Crippen LogP contribution in [0, 0.1) is 5.92 Å². The maximum Gasteiger partial charge on any atom is 0.417 e. The molecular formula is C32H39F3N4O3S. The summed E-state index contributed by atoms with van der Waals surface area (Å²) in [6.45, 7) is 4.39. The van der Waals surface area contributed by atoms with Crippen LogP contribution in [-0.2, 0) is 11.3 Å². The average Bonchev–Trinajstić information content (AvgIpc) is 3.51. The van der Waals surface area contributed by atoms with Gasteiger partial charge in [0.25, 0.3) is 5.91 Å². The van der Waals surface area contributed by atoms with Gasteiger partial charge in [-0.25, -0.2) is 4.98 Å². The fourth-order valence-corrected chi connectivity index (χ4v) is 6.94. The summed E-state index contributed by atoms with van der Waals surface area (Å²) < 4.78 is 39.5. The molecule has 1 saturated carbocycles. The van der Waals surface area contributed by atoms with E-state index >= 15 is 0 Å². The van der Waals surface area contributed by atoms with E-state index in [4.69, 9.17) is 4.98 Å². The first-order valence-electron chi connectivity index (χ1n) is 15.0. The van der Waals surface area contributed by atoms with Crippen molar-refractivity contribution >= 4 is 34.1 Å². The number of carbonyl (C=O) groups is 2. The highest BCUT2D eigenvalue weighted by Gasteiger charge is 2.51. The van der Waals surface area contributed by atoms with E-state index in [9.17, 15) is 27.9 Å². The summed E-state index contributed by atoms with van der Waals surface area (Å²) in [4.78, 5) is 36.2. The lowest BCUT2D eigenvalue weighted by Crippen LogP contribution is -2.52. The summed E-state index contributed by atoms with van der Waals surface area (Å²) in [6.07, 6.45) is -0.103. The summed E-state index contributed by atoms with van der Waals surface area (Å²) >= 11 is 1.55. The van der Waals surface area contributed by atoms with Crippen LogP contribution >= 0.6 is 11.3 Å². The number of amides is 2. The molecule has 1 aliphatic heterocycles. The standard InChI is InChI=1S/C32H39F3N4O3S/c1-21(22-9-4-3-5-10-22)36-30(41)28-23-11-6-7-12-25(23)37-29(26-13-8-18-43-26)24(28)20-38-14-16-39(17-15-38)27(40)19-31(2,42)32(33,34)35/h6-8,11-13,18,21-22,42H,3-5,9-10,14-17,19-20H2,1-2H3,(H,36,41). The number of fused-ring (bicyclic) bond motifs is 1. The Kier molecular flexibility index (Phi) is 9.43. The fraction of sp³-hybridized carbons (Fsp3) is 0.531. The minimum absolute atomic E-state index is 0.0289. The van der Waals surface area contributed by atoms with Crippen molar-refractivity contribution in [3.63, 3.8) is 0 Å². The van der Waals surface area contributed by atoms with Gasteiger partial charge < -0.3 is 15.3 Å². The van der Waals surface area contributed by atoms with Crippen molar-refractivity contribution in [2.75, 3.05) is 26.2 Å². The largest absolute Gasteiger partial charge is 0.417 e. The highest BCUT2D eigenvalue weighted by Crippen LogP contribution is 2.36. The van der Waals surface area contributed by atoms with Gasteiger partial charge in [-0.1, -0.05) is 43.5 Å². The predicted molar refractivity (Wildman–Crippen MR) is 162 cm³/mol. The first-order chi connectivity index (χ1) is 20.4. The molecule has 11 heteroatoms. The third-order valence-electron chi connectivity index (χ3n) is 8.90. The third-order valence-corrected chi connectivity index (χ3v) is 9.78. The number of para-hydroxylation sites is 1. The molecule has 1 aliphatic carbocycles. The summed E-state index contributed by atoms with van der Waals surface area (Å²) in [5.74, 6) is -0.423. The molecule has 0 spiro atoms. The van der Waals surface area contributed by atoms with E-state index in [0.717, 1.165) is 39.9 Å². The number of aromatic nitrogens is 1. The zero-order valence-electron chi connectivity index (χ0n) is 24.6. The van der Waals surface area contributed by atoms with Crippen molar-refractivity contribution in [3.8, 4) is 10.6 Å². The SMILES string of the molecule is CC(NC(=O)c1c(CN2CCN(C(=O)CC(C)(O)C(F)(F)F)CC2)c(-c2cccs2)nc2ccccc12)C1CCCCC1. The molecule has 0 radical (unpaired) electrons. The molecule has 0 bridgehead atoms. The van der Waals surface area contributed by atoms with E-state index in [-0.39, 0.29) is 25.0 Å². The maximum atomic E-state index is 14.1. The number of aliphatic hydroxyl groups is 1. The second-order valence-electron chi connectivity index (χ2n) is 12.1. The summed E-state index contributed by atoms with van der Waals surface area (Å²) in [6, 6.07) is 11.6. The number of nitrogens with zero attached hydrogens (tertiary/aromatic N) is 3. The summed E-state index contributed by atoms with van der Waals surface area (Å²) in [7, 11) is 0. The lowest BCUT2D eigenvalue weighted by atomic mass is 9.84. The molecule has 2 fully saturated rings. The van der Waals surface area contributed by atoms with Crippen LogP contribution in [0.4, 0.5) is 13.2 Å². The molecular weight excluding hydrogens is 577 g/mol. The molecule has 2 unspecified atom stereocenters. The molecule has 5 rings (SSSR count). The zero-order valence-corrected chi connectivity index (χ0v) is 25.4. The number of pyridine rings is 1. The van der Waals surface area contributed by atoms with Gasteiger partial charge in [-0.2, -0.15) is 13.2 Å². The van der Waals surface area contributed by atoms with Crippen molar-refractivity contribution in [1.82, 2.24) is 20.1 Å². The smallest absolute Gasteiger partial charge is 0.380 e. The quantitative estimate of drug-likeness (QED) is 0.324. The number of benzene rings is 1. The topological polar surface area (TPSA) is 85.8 Å². The Morgan fingerprint density at radius 2 is 1.77 bits per heavy atom. The van der Waals surface area contributed by atoms with Gasteiger partial charge in [0.15, 0.2) is 5.60 Å². The maximum absolute atomic E-state index is 14.1. The number of hydrogen-bond donors (Lipinski definition) is 2. The molecule has 232 valence electrons. The summed E-state index contributed by atoms with van der Waals surface area (Å²) in [5, 5.41) is 15.9. The van der Waals surface area contributed by atoms with Gasteiger partial charge in [-0.3, -0.25) is 14.5 Å². The number of halogens is 3. The fourth-order valence-electron chi connectivity index (χ4n) is 6.20. The van der Waals surface area contributed by atoms with Crippen LogP contribution < -0.4 is 5.32 Å². The highest BCUT2D eigenvalue weighted by molar-refractivity contribution is 7.13. The molecule has 1 aromatic carbocycles. The van der Waals surface area contributed by atoms with Crippen molar-refractivity contribution in [2.24, 2.45) is 5.92 Å². The lowest BCUT2D eigenvalue weighted by molar-refractivity contribution is -0.254. The van der Waals surface area contributed by atoms with E-state index in [1.54, 1.807) is 11.3 Å². The Labute approximate surface area is 254 Å². The monoisotopic (exact) mass is 616 g/mol. The first-order valence-corrected chi connectivity index (χ1v) is 15.9. The first kappa shape index (κ1) is 31.4. The van der Waals surface area contributed by atoms with Crippen LogP contribution in [0.25, 0.3) is 21.5 Å². The van der Waals surface area contributed by atoms with Gasteiger partial charge in [-0.15, -0.1) is 11.3 Å². The van der Waals surface area contributed by atoms with Crippen molar-refractivity contribution in [3.05, 3.63) is 52.9 Å². The van der Waals surface area contributed by atoms with Gasteiger partial charge >= 0.3 is 6.18 Å². The molecule has 2 aliphatic rings. The van der Waals surface area contributed by atoms with E-state index < -0.39 is 24.1 Å². The van der Waals surface area contributed by atoms with E-state index in [1.807, 2.05) is 41.8 Å². The van der Waals surface area contributed by atoms with Gasteiger partial charge in [0.1, 0.15) is 0 Å². The molecule has 3 aromatic rings. The van der Waals surface area contributed by atoms with Gasteiger partial charge in [0.2, 0.25) is 5.91 Å². The predicted octanol–water partition coefficient (Wildman–Crippen LogP) is 6.01. The van der Waals surface area contributed by atoms with Crippen LogP contribution in [-0.4, -0.2) is 75.7 Å². The van der Waals surface area contributed by atoms with Crippen molar-refractivity contribution in [1.29, 1.82) is 0 Å². The average molecular weight is 617 g/mol. The Morgan fingerprint density at radius 1 is 1.07 bits per heavy atom. The number of thiophene rings is 1. The molecule has 1 saturated heterocycles. The number of nitrogens with one attached hydrogen (secondary N) is 1.